The third-order valence-electron chi connectivity index (χ3n) is 5.40. The number of hydrogen-bond donors (Lipinski definition) is 3. The Labute approximate surface area is 162 Å². The number of halogens is 1. The van der Waals surface area contributed by atoms with Crippen LogP contribution in [0.3, 0.4) is 0 Å². The molecule has 2 aromatic heterocycles. The molecule has 0 bridgehead atoms. The molecule has 1 aliphatic heterocycles. The number of nitrogens with zero attached hydrogens (tertiary/aromatic N) is 4. The average molecular weight is 379 g/mol. The van der Waals surface area contributed by atoms with Crippen LogP contribution in [0.4, 0.5) is 27.8 Å². The number of nitrogen functional groups attached to an aromatic ring is 1. The number of nitrogens with one attached hydrogen (secondary N) is 2. The highest BCUT2D eigenvalue weighted by Gasteiger charge is 2.28. The zero-order valence-electron chi connectivity index (χ0n) is 15.4. The van der Waals surface area contributed by atoms with E-state index in [1.54, 1.807) is 0 Å². The van der Waals surface area contributed by atoms with Gasteiger partial charge < -0.3 is 16.0 Å². The van der Waals surface area contributed by atoms with E-state index in [9.17, 15) is 4.39 Å². The van der Waals surface area contributed by atoms with E-state index in [1.165, 1.54) is 25.0 Å². The molecule has 8 heteroatoms. The molecule has 28 heavy (non-hydrogen) atoms. The minimum absolute atomic E-state index is 0.148. The molecule has 0 spiro atoms. The fourth-order valence-corrected chi connectivity index (χ4v) is 3.87. The number of nitrogens with two attached hydrogens (primary N) is 1. The molecule has 3 heterocycles. The highest BCUT2D eigenvalue weighted by atomic mass is 19.1. The van der Waals surface area contributed by atoms with Gasteiger partial charge in [0, 0.05) is 30.3 Å². The molecule has 1 saturated carbocycles. The molecule has 1 aliphatic carbocycles. The van der Waals surface area contributed by atoms with Crippen LogP contribution in [0.1, 0.15) is 48.9 Å². The van der Waals surface area contributed by atoms with Crippen LogP contribution >= 0.6 is 0 Å². The Morgan fingerprint density at radius 1 is 1.07 bits per heavy atom. The lowest BCUT2D eigenvalue weighted by atomic mass is 10.0. The Morgan fingerprint density at radius 2 is 1.89 bits per heavy atom. The maximum atomic E-state index is 13.3. The summed E-state index contributed by atoms with van der Waals surface area (Å²) in [4.78, 5) is 11.0. The monoisotopic (exact) mass is 379 g/mol. The molecule has 2 fully saturated rings. The lowest BCUT2D eigenvalue weighted by molar-refractivity contribution is 0.624. The van der Waals surface area contributed by atoms with Crippen LogP contribution < -0.4 is 16.0 Å². The topological polar surface area (TPSA) is 95.7 Å². The van der Waals surface area contributed by atoms with Crippen molar-refractivity contribution in [2.75, 3.05) is 22.5 Å². The highest BCUT2D eigenvalue weighted by molar-refractivity contribution is 5.60. The van der Waals surface area contributed by atoms with Gasteiger partial charge in [-0.2, -0.15) is 15.1 Å². The van der Waals surface area contributed by atoms with Crippen molar-refractivity contribution in [1.82, 2.24) is 20.2 Å². The molecule has 0 amide bonds. The second-order valence-corrected chi connectivity index (χ2v) is 7.48. The van der Waals surface area contributed by atoms with Crippen LogP contribution in [0.2, 0.25) is 0 Å². The van der Waals surface area contributed by atoms with Crippen molar-refractivity contribution in [3.05, 3.63) is 53.5 Å². The van der Waals surface area contributed by atoms with Crippen molar-refractivity contribution in [2.24, 2.45) is 0 Å². The standard InChI is InChI=1S/C20H22FN7/c21-14-7-5-13(6-8-14)16-2-1-9-28(16)19-11-17(24-20(22)25-19)23-18-10-15(26-27-18)12-3-4-12/h5-8,10-12,16H,1-4,9H2,(H4,22,23,24,25,26,27). The zero-order chi connectivity index (χ0) is 19.1. The summed E-state index contributed by atoms with van der Waals surface area (Å²) < 4.78 is 13.3. The van der Waals surface area contributed by atoms with E-state index in [2.05, 4.69) is 30.4 Å². The maximum Gasteiger partial charge on any atom is 0.223 e. The van der Waals surface area contributed by atoms with E-state index in [-0.39, 0.29) is 17.8 Å². The molecule has 144 valence electrons. The lowest BCUT2D eigenvalue weighted by Gasteiger charge is -2.26. The van der Waals surface area contributed by atoms with Crippen molar-refractivity contribution in [3.63, 3.8) is 0 Å². The molecular formula is C20H22FN7. The van der Waals surface area contributed by atoms with Gasteiger partial charge in [0.15, 0.2) is 5.82 Å². The first-order chi connectivity index (χ1) is 13.7. The largest absolute Gasteiger partial charge is 0.368 e. The van der Waals surface area contributed by atoms with Gasteiger partial charge in [0.25, 0.3) is 0 Å². The molecule has 4 N–H and O–H groups in total. The normalized spacial score (nSPS) is 19.2. The van der Waals surface area contributed by atoms with Gasteiger partial charge in [0.1, 0.15) is 17.5 Å². The minimum atomic E-state index is -0.226. The molecule has 5 rings (SSSR count). The smallest absolute Gasteiger partial charge is 0.223 e. The Hall–Kier alpha value is -3.16. The second-order valence-electron chi connectivity index (χ2n) is 7.48. The number of rotatable bonds is 5. The summed E-state index contributed by atoms with van der Waals surface area (Å²) in [5.41, 5.74) is 8.21. The first kappa shape index (κ1) is 17.0. The molecule has 7 nitrogen and oxygen atoms in total. The van der Waals surface area contributed by atoms with Crippen LogP contribution in [-0.4, -0.2) is 26.7 Å². The Balaban J connectivity index is 1.40. The molecular weight excluding hydrogens is 357 g/mol. The van der Waals surface area contributed by atoms with Gasteiger partial charge in [0.05, 0.1) is 6.04 Å². The van der Waals surface area contributed by atoms with Gasteiger partial charge in [-0.25, -0.2) is 4.39 Å². The summed E-state index contributed by atoms with van der Waals surface area (Å²) in [6.45, 7) is 0.867. The van der Waals surface area contributed by atoms with Gasteiger partial charge >= 0.3 is 0 Å². The first-order valence-electron chi connectivity index (χ1n) is 9.65. The second kappa shape index (κ2) is 6.78. The zero-order valence-corrected chi connectivity index (χ0v) is 15.4. The van der Waals surface area contributed by atoms with Crippen molar-refractivity contribution in [1.29, 1.82) is 0 Å². The summed E-state index contributed by atoms with van der Waals surface area (Å²) >= 11 is 0. The predicted octanol–water partition coefficient (Wildman–Crippen LogP) is 3.88. The summed E-state index contributed by atoms with van der Waals surface area (Å²) in [7, 11) is 0. The Morgan fingerprint density at radius 3 is 2.68 bits per heavy atom. The SMILES string of the molecule is Nc1nc(Nc2cc(C3CC3)[nH]n2)cc(N2CCCC2c2ccc(F)cc2)n1. The Bertz CT molecular complexity index is 980. The highest BCUT2D eigenvalue weighted by Crippen LogP contribution is 2.40. The van der Waals surface area contributed by atoms with Gasteiger partial charge in [-0.3, -0.25) is 5.10 Å². The van der Waals surface area contributed by atoms with Crippen LogP contribution in [-0.2, 0) is 0 Å². The molecule has 3 aromatic rings. The van der Waals surface area contributed by atoms with Crippen LogP contribution in [0.15, 0.2) is 36.4 Å². The van der Waals surface area contributed by atoms with Crippen molar-refractivity contribution < 1.29 is 4.39 Å². The number of H-pyrrole nitrogens is 1. The fourth-order valence-electron chi connectivity index (χ4n) is 3.87. The van der Waals surface area contributed by atoms with Crippen molar-refractivity contribution >= 4 is 23.4 Å². The average Bonchev–Trinajstić information content (AvgIpc) is 3.22. The van der Waals surface area contributed by atoms with Crippen molar-refractivity contribution in [3.8, 4) is 0 Å². The molecule has 2 aliphatic rings. The predicted molar refractivity (Wildman–Crippen MR) is 106 cm³/mol. The van der Waals surface area contributed by atoms with Crippen molar-refractivity contribution in [2.45, 2.75) is 37.6 Å². The number of hydrogen-bond acceptors (Lipinski definition) is 6. The third kappa shape index (κ3) is 3.37. The van der Waals surface area contributed by atoms with Gasteiger partial charge in [-0.15, -0.1) is 0 Å². The summed E-state index contributed by atoms with van der Waals surface area (Å²) in [6.07, 6.45) is 4.46. The number of anilines is 4. The molecule has 1 unspecified atom stereocenters. The molecule has 1 saturated heterocycles. The van der Waals surface area contributed by atoms with Gasteiger partial charge in [-0.05, 0) is 43.4 Å². The lowest BCUT2D eigenvalue weighted by Crippen LogP contribution is -2.24. The number of aromatic amines is 1. The molecule has 0 radical (unpaired) electrons. The van der Waals surface area contributed by atoms with Gasteiger partial charge in [-0.1, -0.05) is 12.1 Å². The van der Waals surface area contributed by atoms with E-state index in [4.69, 9.17) is 5.73 Å². The summed E-state index contributed by atoms with van der Waals surface area (Å²) in [5.74, 6) is 2.69. The number of aromatic nitrogens is 4. The molecule has 1 atom stereocenters. The summed E-state index contributed by atoms with van der Waals surface area (Å²) in [5, 5.41) is 10.6. The summed E-state index contributed by atoms with van der Waals surface area (Å²) in [6, 6.07) is 10.7. The van der Waals surface area contributed by atoms with E-state index in [0.29, 0.717) is 11.7 Å². The Kier molecular flexibility index (Phi) is 4.11. The molecule has 1 aromatic carbocycles. The van der Waals surface area contributed by atoms with E-state index in [0.717, 1.165) is 42.3 Å². The van der Waals surface area contributed by atoms with Crippen LogP contribution in [0, 0.1) is 5.82 Å². The van der Waals surface area contributed by atoms with E-state index >= 15 is 0 Å². The quantitative estimate of drug-likeness (QED) is 0.623. The first-order valence-corrected chi connectivity index (χ1v) is 9.65. The minimum Gasteiger partial charge on any atom is -0.368 e. The van der Waals surface area contributed by atoms with E-state index in [1.807, 2.05) is 24.3 Å². The van der Waals surface area contributed by atoms with Crippen LogP contribution in [0.25, 0.3) is 0 Å². The fraction of sp³-hybridized carbons (Fsp3) is 0.350. The number of benzene rings is 1. The third-order valence-corrected chi connectivity index (χ3v) is 5.40. The maximum absolute atomic E-state index is 13.3. The van der Waals surface area contributed by atoms with Crippen LogP contribution in [0.5, 0.6) is 0 Å². The van der Waals surface area contributed by atoms with E-state index < -0.39 is 0 Å². The van der Waals surface area contributed by atoms with Gasteiger partial charge in [0.2, 0.25) is 5.95 Å².